The van der Waals surface area contributed by atoms with E-state index in [0.29, 0.717) is 0 Å². The maximum Gasteiger partial charge on any atom is 0.436 e. The third-order valence-corrected chi connectivity index (χ3v) is 4.72. The maximum absolute atomic E-state index is 14.6. The standard InChI is InChI=1S/C16H6Cl2F8N2O3/c17-7-4-6(14(20,15(21,22)23)16(24,25)26)12(19)11(18)10(7)9-5(13(27)29)2-1-3-8(9)28(30)31/h1-4H,(H2,27,29). The first-order valence-corrected chi connectivity index (χ1v) is 8.30. The molecule has 0 aliphatic heterocycles. The molecule has 0 aliphatic carbocycles. The van der Waals surface area contributed by atoms with Gasteiger partial charge in [-0.3, -0.25) is 14.9 Å². The van der Waals surface area contributed by atoms with E-state index in [9.17, 15) is 50.0 Å². The molecule has 2 aromatic carbocycles. The van der Waals surface area contributed by atoms with E-state index in [1.807, 2.05) is 0 Å². The minimum atomic E-state index is -6.68. The minimum Gasteiger partial charge on any atom is -0.366 e. The monoisotopic (exact) mass is 496 g/mol. The molecule has 31 heavy (non-hydrogen) atoms. The van der Waals surface area contributed by atoms with Gasteiger partial charge < -0.3 is 5.73 Å². The maximum atomic E-state index is 14.6. The first-order valence-electron chi connectivity index (χ1n) is 7.54. The molecule has 168 valence electrons. The van der Waals surface area contributed by atoms with Crippen LogP contribution in [0.25, 0.3) is 11.1 Å². The Morgan fingerprint density at radius 1 is 1.00 bits per heavy atom. The fraction of sp³-hybridized carbons (Fsp3) is 0.188. The lowest BCUT2D eigenvalue weighted by atomic mass is 9.90. The number of nitro groups is 1. The number of carbonyl (C=O) groups is 1. The highest BCUT2D eigenvalue weighted by molar-refractivity contribution is 6.40. The van der Waals surface area contributed by atoms with Crippen LogP contribution >= 0.6 is 23.2 Å². The number of alkyl halides is 7. The second-order valence-corrected chi connectivity index (χ2v) is 6.67. The molecule has 0 spiro atoms. The quantitative estimate of drug-likeness (QED) is 0.240. The van der Waals surface area contributed by atoms with Crippen LogP contribution in [0.3, 0.4) is 0 Å². The molecule has 0 radical (unpaired) electrons. The van der Waals surface area contributed by atoms with Gasteiger partial charge in [0.25, 0.3) is 5.69 Å². The van der Waals surface area contributed by atoms with Crippen molar-refractivity contribution in [2.45, 2.75) is 18.0 Å². The first kappa shape index (κ1) is 24.6. The number of amides is 1. The van der Waals surface area contributed by atoms with Crippen LogP contribution in [0.1, 0.15) is 15.9 Å². The molecule has 0 bridgehead atoms. The van der Waals surface area contributed by atoms with E-state index in [1.54, 1.807) is 0 Å². The van der Waals surface area contributed by atoms with Crippen LogP contribution in [0.2, 0.25) is 10.0 Å². The summed E-state index contributed by atoms with van der Waals surface area (Å²) in [6.07, 6.45) is -13.4. The Morgan fingerprint density at radius 2 is 1.52 bits per heavy atom. The van der Waals surface area contributed by atoms with E-state index in [0.717, 1.165) is 18.2 Å². The Bertz CT molecular complexity index is 1040. The molecule has 2 aromatic rings. The van der Waals surface area contributed by atoms with E-state index in [2.05, 4.69) is 0 Å². The average Bonchev–Trinajstić information content (AvgIpc) is 2.62. The summed E-state index contributed by atoms with van der Waals surface area (Å²) >= 11 is 11.2. The highest BCUT2D eigenvalue weighted by Gasteiger charge is 2.74. The number of hydrogen-bond donors (Lipinski definition) is 1. The molecule has 0 saturated heterocycles. The number of nitro benzene ring substituents is 1. The van der Waals surface area contributed by atoms with Crippen LogP contribution in [0.5, 0.6) is 0 Å². The number of rotatable bonds is 4. The number of nitrogens with two attached hydrogens (primary N) is 1. The summed E-state index contributed by atoms with van der Waals surface area (Å²) in [4.78, 5) is 21.8. The van der Waals surface area contributed by atoms with Gasteiger partial charge in [-0.1, -0.05) is 29.3 Å². The van der Waals surface area contributed by atoms with Crippen molar-refractivity contribution in [3.05, 3.63) is 61.4 Å². The third-order valence-electron chi connectivity index (χ3n) is 4.07. The van der Waals surface area contributed by atoms with Gasteiger partial charge in [0.2, 0.25) is 5.91 Å². The average molecular weight is 497 g/mol. The lowest BCUT2D eigenvalue weighted by molar-refractivity contribution is -0.384. The molecule has 5 nitrogen and oxygen atoms in total. The Balaban J connectivity index is 3.02. The topological polar surface area (TPSA) is 86.2 Å². The van der Waals surface area contributed by atoms with Crippen molar-refractivity contribution in [2.75, 3.05) is 0 Å². The van der Waals surface area contributed by atoms with Crippen molar-refractivity contribution in [1.82, 2.24) is 0 Å². The molecule has 0 aliphatic rings. The smallest absolute Gasteiger partial charge is 0.366 e. The lowest BCUT2D eigenvalue weighted by Gasteiger charge is -2.31. The zero-order valence-corrected chi connectivity index (χ0v) is 15.9. The zero-order valence-electron chi connectivity index (χ0n) is 14.3. The fourth-order valence-corrected chi connectivity index (χ4v) is 3.35. The zero-order chi connectivity index (χ0) is 24.1. The number of nitrogens with zero attached hydrogens (tertiary/aromatic N) is 1. The number of hydrogen-bond acceptors (Lipinski definition) is 3. The van der Waals surface area contributed by atoms with Gasteiger partial charge in [-0.15, -0.1) is 0 Å². The number of primary amides is 1. The Morgan fingerprint density at radius 3 is 1.94 bits per heavy atom. The van der Waals surface area contributed by atoms with Gasteiger partial charge in [0.05, 0.1) is 26.1 Å². The van der Waals surface area contributed by atoms with Crippen LogP contribution in [0.4, 0.5) is 40.8 Å². The second-order valence-electron chi connectivity index (χ2n) is 5.88. The van der Waals surface area contributed by atoms with E-state index < -0.39 is 72.7 Å². The highest BCUT2D eigenvalue weighted by atomic mass is 35.5. The van der Waals surface area contributed by atoms with E-state index in [-0.39, 0.29) is 6.07 Å². The summed E-state index contributed by atoms with van der Waals surface area (Å²) < 4.78 is 107. The van der Waals surface area contributed by atoms with Crippen molar-refractivity contribution in [1.29, 1.82) is 0 Å². The normalized spacial score (nSPS) is 12.7. The molecule has 0 aromatic heterocycles. The molecule has 0 saturated carbocycles. The van der Waals surface area contributed by atoms with E-state index >= 15 is 0 Å². The summed E-state index contributed by atoms with van der Waals surface area (Å²) in [5.74, 6) is -3.90. The van der Waals surface area contributed by atoms with Crippen molar-refractivity contribution in [3.8, 4) is 11.1 Å². The predicted molar refractivity (Wildman–Crippen MR) is 91.9 cm³/mol. The lowest BCUT2D eigenvalue weighted by Crippen LogP contribution is -2.51. The number of carbonyl (C=O) groups excluding carboxylic acids is 1. The predicted octanol–water partition coefficient (Wildman–Crippen LogP) is 6.10. The molecule has 0 fully saturated rings. The Hall–Kier alpha value is -2.67. The SMILES string of the molecule is NC(=O)c1cccc([N+](=O)[O-])c1-c1c(Cl)cc(C(F)(C(F)(F)F)C(F)(F)F)c(F)c1Cl. The molecule has 0 atom stereocenters. The van der Waals surface area contributed by atoms with E-state index in [1.165, 1.54) is 0 Å². The Kier molecular flexibility index (Phi) is 6.18. The van der Waals surface area contributed by atoms with Crippen molar-refractivity contribution in [3.63, 3.8) is 0 Å². The van der Waals surface area contributed by atoms with Crippen molar-refractivity contribution >= 4 is 34.8 Å². The van der Waals surface area contributed by atoms with Gasteiger partial charge in [0.1, 0.15) is 5.82 Å². The summed E-state index contributed by atoms with van der Waals surface area (Å²) in [6.45, 7) is 0. The van der Waals surface area contributed by atoms with Crippen molar-refractivity contribution in [2.24, 2.45) is 5.73 Å². The van der Waals surface area contributed by atoms with Crippen LogP contribution < -0.4 is 5.73 Å². The van der Waals surface area contributed by atoms with Crippen LogP contribution in [-0.2, 0) is 5.67 Å². The molecular weight excluding hydrogens is 491 g/mol. The molecule has 1 amide bonds. The summed E-state index contributed by atoms with van der Waals surface area (Å²) in [5, 5.41) is 8.41. The fourth-order valence-electron chi connectivity index (χ4n) is 2.70. The number of halogens is 10. The summed E-state index contributed by atoms with van der Waals surface area (Å²) in [5.41, 5.74) is -7.37. The van der Waals surface area contributed by atoms with Crippen LogP contribution in [0, 0.1) is 15.9 Å². The Labute approximate surface area is 176 Å². The van der Waals surface area contributed by atoms with Crippen molar-refractivity contribution < 1.29 is 44.8 Å². The molecule has 0 unspecified atom stereocenters. The van der Waals surface area contributed by atoms with Gasteiger partial charge in [0.15, 0.2) is 0 Å². The largest absolute Gasteiger partial charge is 0.436 e. The van der Waals surface area contributed by atoms with Crippen LogP contribution in [0.15, 0.2) is 24.3 Å². The first-order chi connectivity index (χ1) is 14.0. The molecule has 2 rings (SSSR count). The summed E-state index contributed by atoms with van der Waals surface area (Å²) in [6, 6.07) is 2.24. The minimum absolute atomic E-state index is 0.361. The van der Waals surface area contributed by atoms with Gasteiger partial charge in [-0.2, -0.15) is 26.3 Å². The number of benzene rings is 2. The molecular formula is C16H6Cl2F8N2O3. The van der Waals surface area contributed by atoms with Crippen LogP contribution in [-0.4, -0.2) is 23.2 Å². The van der Waals surface area contributed by atoms with E-state index in [4.69, 9.17) is 28.9 Å². The van der Waals surface area contributed by atoms with Gasteiger partial charge in [-0.25, -0.2) is 8.78 Å². The third kappa shape index (κ3) is 3.87. The van der Waals surface area contributed by atoms with Gasteiger partial charge in [-0.05, 0) is 12.1 Å². The molecule has 2 N–H and O–H groups in total. The molecule has 15 heteroatoms. The highest BCUT2D eigenvalue weighted by Crippen LogP contribution is 2.56. The second kappa shape index (κ2) is 7.79. The van der Waals surface area contributed by atoms with Gasteiger partial charge >= 0.3 is 18.0 Å². The summed E-state index contributed by atoms with van der Waals surface area (Å²) in [7, 11) is 0. The molecule has 0 heterocycles. The van der Waals surface area contributed by atoms with Gasteiger partial charge in [0, 0.05) is 17.2 Å².